The van der Waals surface area contributed by atoms with Gasteiger partial charge in [0, 0.05) is 16.3 Å². The zero-order valence-corrected chi connectivity index (χ0v) is 15.5. The number of hydrogen-bond donors (Lipinski definition) is 1. The highest BCUT2D eigenvalue weighted by atomic mass is 35.5. The Hall–Kier alpha value is -1.000. The number of halogens is 3. The van der Waals surface area contributed by atoms with E-state index in [1.165, 1.54) is 12.8 Å². The van der Waals surface area contributed by atoms with Gasteiger partial charge in [0.1, 0.15) is 12.4 Å². The quantitative estimate of drug-likeness (QED) is 0.823. The molecule has 0 saturated heterocycles. The molecular formula is C17H21Cl3N2O. The average molecular weight is 376 g/mol. The van der Waals surface area contributed by atoms with E-state index in [2.05, 4.69) is 16.4 Å². The minimum atomic E-state index is 0. The summed E-state index contributed by atoms with van der Waals surface area (Å²) in [6, 6.07) is 9.85. The van der Waals surface area contributed by atoms with Crippen molar-refractivity contribution in [3.05, 3.63) is 47.2 Å². The van der Waals surface area contributed by atoms with Gasteiger partial charge in [-0.05, 0) is 50.6 Å². The molecule has 1 N–H and O–H groups in total. The number of aromatic nitrogens is 1. The van der Waals surface area contributed by atoms with Crippen molar-refractivity contribution in [3.63, 3.8) is 0 Å². The van der Waals surface area contributed by atoms with E-state index in [-0.39, 0.29) is 30.4 Å². The number of nitrogens with one attached hydrogen (secondary N) is 1. The highest BCUT2D eigenvalue weighted by Crippen LogP contribution is 2.35. The van der Waals surface area contributed by atoms with Crippen LogP contribution < -0.4 is 10.1 Å². The van der Waals surface area contributed by atoms with Crippen LogP contribution in [0.3, 0.4) is 0 Å². The molecule has 1 aliphatic carbocycles. The molecule has 3 nitrogen and oxygen atoms in total. The van der Waals surface area contributed by atoms with E-state index in [1.54, 1.807) is 6.20 Å². The molecule has 0 amide bonds. The van der Waals surface area contributed by atoms with Crippen LogP contribution in [0, 0.1) is 6.92 Å². The van der Waals surface area contributed by atoms with E-state index in [4.69, 9.17) is 16.3 Å². The standard InChI is InChI=1S/C17H19ClN2O.2ClH/c1-12-16(13-3-5-14(18)6-4-13)9-15(10-20-12)21-11-17(19-2)7-8-17;;/h3-6,9-10,19H,7-8,11H2,1-2H3;2*1H. The second-order valence-electron chi connectivity index (χ2n) is 5.63. The summed E-state index contributed by atoms with van der Waals surface area (Å²) in [7, 11) is 1.99. The van der Waals surface area contributed by atoms with E-state index in [1.807, 2.05) is 38.2 Å². The first-order valence-corrected chi connectivity index (χ1v) is 7.54. The number of likely N-dealkylation sites (N-methyl/N-ethyl adjacent to an activating group) is 1. The molecule has 0 radical (unpaired) electrons. The van der Waals surface area contributed by atoms with Gasteiger partial charge in [0.2, 0.25) is 0 Å². The summed E-state index contributed by atoms with van der Waals surface area (Å²) in [5.41, 5.74) is 3.34. The minimum absolute atomic E-state index is 0. The fourth-order valence-corrected chi connectivity index (χ4v) is 2.48. The van der Waals surface area contributed by atoms with Crippen LogP contribution in [0.1, 0.15) is 18.5 Å². The Labute approximate surface area is 154 Å². The molecule has 3 rings (SSSR count). The largest absolute Gasteiger partial charge is 0.490 e. The molecule has 0 spiro atoms. The van der Waals surface area contributed by atoms with Crippen LogP contribution in [0.15, 0.2) is 36.5 Å². The molecule has 0 bridgehead atoms. The topological polar surface area (TPSA) is 34.1 Å². The van der Waals surface area contributed by atoms with E-state index < -0.39 is 0 Å². The van der Waals surface area contributed by atoms with Crippen LogP contribution in [0.4, 0.5) is 0 Å². The number of ether oxygens (including phenoxy) is 1. The molecule has 1 saturated carbocycles. The highest BCUT2D eigenvalue weighted by molar-refractivity contribution is 6.30. The van der Waals surface area contributed by atoms with Crippen molar-refractivity contribution >= 4 is 36.4 Å². The third-order valence-corrected chi connectivity index (χ3v) is 4.37. The molecule has 126 valence electrons. The van der Waals surface area contributed by atoms with Crippen molar-refractivity contribution in [3.8, 4) is 16.9 Å². The molecular weight excluding hydrogens is 355 g/mol. The number of rotatable bonds is 5. The van der Waals surface area contributed by atoms with Crippen molar-refractivity contribution in [1.29, 1.82) is 0 Å². The van der Waals surface area contributed by atoms with Gasteiger partial charge in [-0.1, -0.05) is 23.7 Å². The van der Waals surface area contributed by atoms with Crippen molar-refractivity contribution in [2.45, 2.75) is 25.3 Å². The average Bonchev–Trinajstić information content (AvgIpc) is 3.28. The SMILES string of the molecule is CNC1(COc2cnc(C)c(-c3ccc(Cl)cc3)c2)CC1.Cl.Cl. The third kappa shape index (κ3) is 4.74. The molecule has 23 heavy (non-hydrogen) atoms. The Kier molecular flexibility index (Phi) is 7.15. The number of benzene rings is 1. The third-order valence-electron chi connectivity index (χ3n) is 4.12. The monoisotopic (exact) mass is 374 g/mol. The van der Waals surface area contributed by atoms with Gasteiger partial charge in [0.25, 0.3) is 0 Å². The van der Waals surface area contributed by atoms with Crippen molar-refractivity contribution < 1.29 is 4.74 Å². The summed E-state index contributed by atoms with van der Waals surface area (Å²) in [6.07, 6.45) is 4.14. The van der Waals surface area contributed by atoms with Gasteiger partial charge < -0.3 is 10.1 Å². The predicted molar refractivity (Wildman–Crippen MR) is 100 cm³/mol. The smallest absolute Gasteiger partial charge is 0.138 e. The van der Waals surface area contributed by atoms with Crippen molar-refractivity contribution in [2.75, 3.05) is 13.7 Å². The Morgan fingerprint density at radius 1 is 1.22 bits per heavy atom. The van der Waals surface area contributed by atoms with Crippen molar-refractivity contribution in [2.24, 2.45) is 0 Å². The zero-order valence-electron chi connectivity index (χ0n) is 13.1. The molecule has 1 aromatic carbocycles. The fraction of sp³-hybridized carbons (Fsp3) is 0.353. The molecule has 1 fully saturated rings. The molecule has 6 heteroatoms. The highest BCUT2D eigenvalue weighted by Gasteiger charge is 2.41. The summed E-state index contributed by atoms with van der Waals surface area (Å²) >= 11 is 5.95. The molecule has 0 unspecified atom stereocenters. The van der Waals surface area contributed by atoms with Crippen LogP contribution in [-0.4, -0.2) is 24.2 Å². The van der Waals surface area contributed by atoms with Crippen LogP contribution in [0.5, 0.6) is 5.75 Å². The van der Waals surface area contributed by atoms with Gasteiger partial charge in [-0.3, -0.25) is 4.98 Å². The maximum Gasteiger partial charge on any atom is 0.138 e. The lowest BCUT2D eigenvalue weighted by molar-refractivity contribution is 0.259. The second kappa shape index (κ2) is 8.20. The van der Waals surface area contributed by atoms with Gasteiger partial charge >= 0.3 is 0 Å². The second-order valence-corrected chi connectivity index (χ2v) is 6.07. The molecule has 2 aromatic rings. The van der Waals surface area contributed by atoms with Crippen LogP contribution in [0.25, 0.3) is 11.1 Å². The van der Waals surface area contributed by atoms with Crippen LogP contribution in [-0.2, 0) is 0 Å². The summed E-state index contributed by atoms with van der Waals surface area (Å²) in [5.74, 6) is 0.812. The summed E-state index contributed by atoms with van der Waals surface area (Å²) in [4.78, 5) is 4.45. The minimum Gasteiger partial charge on any atom is -0.490 e. The lowest BCUT2D eigenvalue weighted by Gasteiger charge is -2.16. The van der Waals surface area contributed by atoms with E-state index in [0.29, 0.717) is 6.61 Å². The maximum absolute atomic E-state index is 5.95. The first-order chi connectivity index (χ1) is 10.1. The normalized spacial score (nSPS) is 14.4. The Morgan fingerprint density at radius 3 is 2.43 bits per heavy atom. The van der Waals surface area contributed by atoms with Gasteiger partial charge in [-0.2, -0.15) is 0 Å². The van der Waals surface area contributed by atoms with Crippen molar-refractivity contribution in [1.82, 2.24) is 10.3 Å². The van der Waals surface area contributed by atoms with E-state index in [0.717, 1.165) is 27.6 Å². The molecule has 1 aliphatic rings. The maximum atomic E-state index is 5.95. The predicted octanol–water partition coefficient (Wildman–Crippen LogP) is 4.68. The van der Waals surface area contributed by atoms with Gasteiger partial charge in [0.05, 0.1) is 11.7 Å². The molecule has 0 aliphatic heterocycles. The van der Waals surface area contributed by atoms with Crippen LogP contribution >= 0.6 is 36.4 Å². The van der Waals surface area contributed by atoms with Gasteiger partial charge in [-0.15, -0.1) is 24.8 Å². The zero-order chi connectivity index (χ0) is 14.9. The summed E-state index contributed by atoms with van der Waals surface area (Å²) in [6.45, 7) is 2.69. The Morgan fingerprint density at radius 2 is 1.87 bits per heavy atom. The molecule has 0 atom stereocenters. The Bertz CT molecular complexity index is 643. The first-order valence-electron chi connectivity index (χ1n) is 7.16. The van der Waals surface area contributed by atoms with E-state index in [9.17, 15) is 0 Å². The number of hydrogen-bond acceptors (Lipinski definition) is 3. The first kappa shape index (κ1) is 20.0. The fourth-order valence-electron chi connectivity index (χ4n) is 2.35. The molecule has 1 heterocycles. The van der Waals surface area contributed by atoms with Gasteiger partial charge in [-0.25, -0.2) is 0 Å². The number of nitrogens with zero attached hydrogens (tertiary/aromatic N) is 1. The lowest BCUT2D eigenvalue weighted by atomic mass is 10.0. The number of pyridine rings is 1. The number of aryl methyl sites for hydroxylation is 1. The lowest BCUT2D eigenvalue weighted by Crippen LogP contribution is -2.33. The summed E-state index contributed by atoms with van der Waals surface area (Å²) < 4.78 is 5.91. The Balaban J connectivity index is 0.00000132. The summed E-state index contributed by atoms with van der Waals surface area (Å²) in [5, 5.41) is 4.06. The van der Waals surface area contributed by atoms with E-state index >= 15 is 0 Å². The van der Waals surface area contributed by atoms with Gasteiger partial charge in [0.15, 0.2) is 0 Å². The molecule has 1 aromatic heterocycles. The van der Waals surface area contributed by atoms with Crippen LogP contribution in [0.2, 0.25) is 5.02 Å².